The van der Waals surface area contributed by atoms with E-state index in [0.717, 1.165) is 18.0 Å². The van der Waals surface area contributed by atoms with Crippen molar-refractivity contribution in [1.82, 2.24) is 9.88 Å². The molecule has 0 radical (unpaired) electrons. The maximum atomic E-state index is 13.5. The number of carbonyl (C=O) groups excluding carboxylic acids is 1. The van der Waals surface area contributed by atoms with Gasteiger partial charge in [0.25, 0.3) is 0 Å². The molecule has 0 spiro atoms. The van der Waals surface area contributed by atoms with Gasteiger partial charge in [-0.25, -0.2) is 13.8 Å². The summed E-state index contributed by atoms with van der Waals surface area (Å²) >= 11 is 5.85. The lowest BCUT2D eigenvalue weighted by Gasteiger charge is -2.35. The smallest absolute Gasteiger partial charge is 0.222 e. The zero-order valence-corrected chi connectivity index (χ0v) is 15.5. The van der Waals surface area contributed by atoms with Gasteiger partial charge in [-0.05, 0) is 30.7 Å². The molecule has 1 aromatic heterocycles. The number of piperazine rings is 1. The molecule has 0 N–H and O–H groups in total. The molecule has 1 aliphatic rings. The van der Waals surface area contributed by atoms with Crippen molar-refractivity contribution in [1.29, 1.82) is 0 Å². The van der Waals surface area contributed by atoms with Gasteiger partial charge in [-0.3, -0.25) is 4.79 Å². The maximum absolute atomic E-state index is 13.5. The van der Waals surface area contributed by atoms with Crippen LogP contribution in [0.25, 0.3) is 0 Å². The van der Waals surface area contributed by atoms with Crippen LogP contribution in [0, 0.1) is 11.6 Å². The zero-order valence-electron chi connectivity index (χ0n) is 14.7. The number of pyridine rings is 1. The predicted molar refractivity (Wildman–Crippen MR) is 99.1 cm³/mol. The molecular formula is C19H20ClF2N3O2. The normalized spacial score (nSPS) is 14.3. The lowest BCUT2D eigenvalue weighted by Crippen LogP contribution is -2.49. The minimum absolute atomic E-state index is 0.00655. The lowest BCUT2D eigenvalue weighted by molar-refractivity contribution is -0.131. The van der Waals surface area contributed by atoms with Crippen LogP contribution in [0.2, 0.25) is 5.02 Å². The van der Waals surface area contributed by atoms with Crippen molar-refractivity contribution < 1.29 is 18.3 Å². The van der Waals surface area contributed by atoms with Gasteiger partial charge < -0.3 is 14.5 Å². The van der Waals surface area contributed by atoms with Gasteiger partial charge in [0.2, 0.25) is 5.91 Å². The Kier molecular flexibility index (Phi) is 6.45. The van der Waals surface area contributed by atoms with Gasteiger partial charge in [-0.2, -0.15) is 0 Å². The number of hydrogen-bond donors (Lipinski definition) is 0. The summed E-state index contributed by atoms with van der Waals surface area (Å²) in [4.78, 5) is 20.5. The van der Waals surface area contributed by atoms with Crippen LogP contribution in [0.4, 0.5) is 14.6 Å². The van der Waals surface area contributed by atoms with E-state index in [1.807, 2.05) is 11.0 Å². The van der Waals surface area contributed by atoms with E-state index in [1.165, 1.54) is 6.07 Å². The molecule has 0 bridgehead atoms. The second-order valence-corrected chi connectivity index (χ2v) is 6.67. The number of ether oxygens (including phenoxy) is 1. The summed E-state index contributed by atoms with van der Waals surface area (Å²) in [6.07, 6.45) is 2.40. The van der Waals surface area contributed by atoms with Crippen LogP contribution in [-0.4, -0.2) is 48.6 Å². The molecule has 1 aromatic carbocycles. The molecule has 1 saturated heterocycles. The van der Waals surface area contributed by atoms with Crippen LogP contribution in [0.1, 0.15) is 12.8 Å². The van der Waals surface area contributed by atoms with Crippen molar-refractivity contribution in [2.75, 3.05) is 37.7 Å². The first-order valence-electron chi connectivity index (χ1n) is 8.75. The Morgan fingerprint density at radius 2 is 1.93 bits per heavy atom. The Hall–Kier alpha value is -2.41. The fraction of sp³-hybridized carbons (Fsp3) is 0.368. The van der Waals surface area contributed by atoms with E-state index in [1.54, 1.807) is 12.3 Å². The Labute approximate surface area is 161 Å². The number of amides is 1. The fourth-order valence-electron chi connectivity index (χ4n) is 2.90. The SMILES string of the molecule is O=C(CCCOc1ccc(F)cc1F)N1CCN(c2ccc(Cl)cn2)CC1. The van der Waals surface area contributed by atoms with Gasteiger partial charge >= 0.3 is 0 Å². The van der Waals surface area contributed by atoms with Crippen molar-refractivity contribution >= 4 is 23.3 Å². The van der Waals surface area contributed by atoms with Gasteiger partial charge in [0.1, 0.15) is 11.6 Å². The number of rotatable bonds is 6. The Bertz CT molecular complexity index is 781. The number of halogens is 3. The first-order valence-corrected chi connectivity index (χ1v) is 9.13. The van der Waals surface area contributed by atoms with Gasteiger partial charge in [0.05, 0.1) is 11.6 Å². The Morgan fingerprint density at radius 3 is 2.59 bits per heavy atom. The highest BCUT2D eigenvalue weighted by Gasteiger charge is 2.21. The number of anilines is 1. The predicted octanol–water partition coefficient (Wildman–Crippen LogP) is 3.52. The molecule has 1 fully saturated rings. The summed E-state index contributed by atoms with van der Waals surface area (Å²) in [5, 5.41) is 0.593. The van der Waals surface area contributed by atoms with E-state index >= 15 is 0 Å². The van der Waals surface area contributed by atoms with Crippen molar-refractivity contribution in [3.63, 3.8) is 0 Å². The molecule has 2 aromatic rings. The standard InChI is InChI=1S/C19H20ClF2N3O2/c20-14-3-6-18(23-13-14)24-7-9-25(10-8-24)19(26)2-1-11-27-17-5-4-15(21)12-16(17)22/h3-6,12-13H,1-2,7-11H2. The molecule has 2 heterocycles. The van der Waals surface area contributed by atoms with E-state index in [9.17, 15) is 13.6 Å². The number of benzene rings is 1. The minimum Gasteiger partial charge on any atom is -0.491 e. The van der Waals surface area contributed by atoms with Gasteiger partial charge in [-0.1, -0.05) is 11.6 Å². The average molecular weight is 396 g/mol. The van der Waals surface area contributed by atoms with E-state index in [0.29, 0.717) is 44.0 Å². The summed E-state index contributed by atoms with van der Waals surface area (Å²) in [6.45, 7) is 2.85. The molecule has 5 nitrogen and oxygen atoms in total. The van der Waals surface area contributed by atoms with Crippen LogP contribution >= 0.6 is 11.6 Å². The van der Waals surface area contributed by atoms with Gasteiger partial charge in [0.15, 0.2) is 11.6 Å². The van der Waals surface area contributed by atoms with E-state index < -0.39 is 11.6 Å². The monoisotopic (exact) mass is 395 g/mol. The molecule has 0 atom stereocenters. The number of aromatic nitrogens is 1. The highest BCUT2D eigenvalue weighted by molar-refractivity contribution is 6.30. The topological polar surface area (TPSA) is 45.7 Å². The fourth-order valence-corrected chi connectivity index (χ4v) is 3.01. The summed E-state index contributed by atoms with van der Waals surface area (Å²) < 4.78 is 31.6. The van der Waals surface area contributed by atoms with Crippen molar-refractivity contribution in [2.45, 2.75) is 12.8 Å². The van der Waals surface area contributed by atoms with E-state index in [4.69, 9.17) is 16.3 Å². The molecule has 144 valence electrons. The second-order valence-electron chi connectivity index (χ2n) is 6.23. The quantitative estimate of drug-likeness (QED) is 0.702. The highest BCUT2D eigenvalue weighted by atomic mass is 35.5. The molecular weight excluding hydrogens is 376 g/mol. The Morgan fingerprint density at radius 1 is 1.15 bits per heavy atom. The zero-order chi connectivity index (χ0) is 19.2. The third kappa shape index (κ3) is 5.29. The summed E-state index contributed by atoms with van der Waals surface area (Å²) in [5.41, 5.74) is 0. The average Bonchev–Trinajstić information content (AvgIpc) is 2.67. The van der Waals surface area contributed by atoms with Gasteiger partial charge in [-0.15, -0.1) is 0 Å². The molecule has 3 rings (SSSR count). The van der Waals surface area contributed by atoms with Crippen LogP contribution in [0.15, 0.2) is 36.5 Å². The molecule has 8 heteroatoms. The number of hydrogen-bond acceptors (Lipinski definition) is 4. The van der Waals surface area contributed by atoms with Crippen molar-refractivity contribution in [3.05, 3.63) is 53.2 Å². The minimum atomic E-state index is -0.742. The third-order valence-electron chi connectivity index (χ3n) is 4.35. The second kappa shape index (κ2) is 8.99. The van der Waals surface area contributed by atoms with Gasteiger partial charge in [0, 0.05) is 44.9 Å². The Balaban J connectivity index is 1.38. The number of carbonyl (C=O) groups is 1. The first-order chi connectivity index (χ1) is 13.0. The van der Waals surface area contributed by atoms with Crippen molar-refractivity contribution in [3.8, 4) is 5.75 Å². The van der Waals surface area contributed by atoms with Crippen LogP contribution < -0.4 is 9.64 Å². The van der Waals surface area contributed by atoms with Crippen LogP contribution in [0.3, 0.4) is 0 Å². The summed E-state index contributed by atoms with van der Waals surface area (Å²) in [6, 6.07) is 6.82. The molecule has 0 aliphatic carbocycles. The summed E-state index contributed by atoms with van der Waals surface area (Å²) in [7, 11) is 0. The highest BCUT2D eigenvalue weighted by Crippen LogP contribution is 2.19. The molecule has 0 saturated carbocycles. The van der Waals surface area contributed by atoms with E-state index in [-0.39, 0.29) is 18.3 Å². The lowest BCUT2D eigenvalue weighted by atomic mass is 10.2. The number of nitrogens with zero attached hydrogens (tertiary/aromatic N) is 3. The van der Waals surface area contributed by atoms with E-state index in [2.05, 4.69) is 9.88 Å². The maximum Gasteiger partial charge on any atom is 0.222 e. The van der Waals surface area contributed by atoms with Crippen LogP contribution in [0.5, 0.6) is 5.75 Å². The molecule has 1 amide bonds. The van der Waals surface area contributed by atoms with Crippen molar-refractivity contribution in [2.24, 2.45) is 0 Å². The first kappa shape index (κ1) is 19.4. The summed E-state index contributed by atoms with van der Waals surface area (Å²) in [5.74, 6) is -0.507. The molecule has 27 heavy (non-hydrogen) atoms. The third-order valence-corrected chi connectivity index (χ3v) is 4.58. The molecule has 1 aliphatic heterocycles. The van der Waals surface area contributed by atoms with Crippen LogP contribution in [-0.2, 0) is 4.79 Å². The molecule has 0 unspecified atom stereocenters. The largest absolute Gasteiger partial charge is 0.491 e.